The number of benzene rings is 2. The van der Waals surface area contributed by atoms with Gasteiger partial charge in [-0.15, -0.1) is 0 Å². The number of carbonyl (C=O) groups excluding carboxylic acids is 1. The van der Waals surface area contributed by atoms with Gasteiger partial charge in [-0.3, -0.25) is 0 Å². The number of nitrogens with zero attached hydrogens (tertiary/aromatic N) is 1. The molecule has 0 aliphatic rings. The number of amides is 2. The van der Waals surface area contributed by atoms with E-state index in [2.05, 4.69) is 5.32 Å². The summed E-state index contributed by atoms with van der Waals surface area (Å²) in [4.78, 5) is 11.8. The van der Waals surface area contributed by atoms with Gasteiger partial charge in [-0.2, -0.15) is 5.26 Å². The first-order valence-electron chi connectivity index (χ1n) is 6.31. The molecule has 6 nitrogen and oxygen atoms in total. The van der Waals surface area contributed by atoms with Crippen molar-refractivity contribution in [2.45, 2.75) is 11.8 Å². The van der Waals surface area contributed by atoms with Crippen LogP contribution in [0.25, 0.3) is 0 Å². The van der Waals surface area contributed by atoms with Gasteiger partial charge in [-0.1, -0.05) is 17.7 Å². The normalized spacial score (nSPS) is 10.5. The molecule has 0 atom stereocenters. The zero-order valence-corrected chi connectivity index (χ0v) is 12.5. The van der Waals surface area contributed by atoms with E-state index in [1.165, 1.54) is 36.4 Å². The number of hydrogen-bond acceptors (Lipinski definition) is 4. The lowest BCUT2D eigenvalue weighted by Crippen LogP contribution is -2.34. The highest BCUT2D eigenvalue weighted by atomic mass is 32.2. The molecule has 0 aliphatic heterocycles. The first kappa shape index (κ1) is 15.5. The van der Waals surface area contributed by atoms with Crippen molar-refractivity contribution in [2.24, 2.45) is 0 Å². The number of anilines is 1. The summed E-state index contributed by atoms with van der Waals surface area (Å²) in [6, 6.07) is 13.3. The van der Waals surface area contributed by atoms with E-state index in [1.54, 1.807) is 12.1 Å². The summed E-state index contributed by atoms with van der Waals surface area (Å²) >= 11 is 0. The van der Waals surface area contributed by atoms with Crippen molar-refractivity contribution in [3.63, 3.8) is 0 Å². The number of rotatable bonds is 3. The number of carbonyl (C=O) groups is 1. The molecule has 0 unspecified atom stereocenters. The van der Waals surface area contributed by atoms with Crippen molar-refractivity contribution in [1.29, 1.82) is 5.26 Å². The zero-order chi connectivity index (χ0) is 16.2. The fourth-order valence-electron chi connectivity index (χ4n) is 1.68. The van der Waals surface area contributed by atoms with Crippen LogP contribution < -0.4 is 10.0 Å². The minimum absolute atomic E-state index is 0.00748. The van der Waals surface area contributed by atoms with Gasteiger partial charge < -0.3 is 5.32 Å². The Morgan fingerprint density at radius 3 is 2.18 bits per heavy atom. The van der Waals surface area contributed by atoms with Crippen molar-refractivity contribution in [1.82, 2.24) is 4.72 Å². The number of nitrogens with one attached hydrogen (secondary N) is 2. The first-order valence-corrected chi connectivity index (χ1v) is 7.80. The van der Waals surface area contributed by atoms with Crippen LogP contribution in [0.1, 0.15) is 11.1 Å². The van der Waals surface area contributed by atoms with E-state index in [0.29, 0.717) is 11.3 Å². The third kappa shape index (κ3) is 3.84. The molecule has 7 heteroatoms. The van der Waals surface area contributed by atoms with Crippen molar-refractivity contribution in [3.8, 4) is 6.07 Å². The molecule has 0 spiro atoms. The van der Waals surface area contributed by atoms with E-state index in [-0.39, 0.29) is 4.90 Å². The summed E-state index contributed by atoms with van der Waals surface area (Å²) in [5.74, 6) is 0. The van der Waals surface area contributed by atoms with Crippen LogP contribution in [0.3, 0.4) is 0 Å². The second-order valence-corrected chi connectivity index (χ2v) is 6.24. The van der Waals surface area contributed by atoms with E-state index < -0.39 is 16.1 Å². The summed E-state index contributed by atoms with van der Waals surface area (Å²) in [5, 5.41) is 11.1. The van der Waals surface area contributed by atoms with Gasteiger partial charge in [0, 0.05) is 5.69 Å². The van der Waals surface area contributed by atoms with Gasteiger partial charge in [0.25, 0.3) is 10.0 Å². The molecule has 112 valence electrons. The Morgan fingerprint density at radius 1 is 1.05 bits per heavy atom. The number of urea groups is 1. The van der Waals surface area contributed by atoms with Crippen molar-refractivity contribution in [2.75, 3.05) is 5.32 Å². The van der Waals surface area contributed by atoms with Crippen LogP contribution in [-0.4, -0.2) is 14.4 Å². The Hall–Kier alpha value is -2.85. The number of sulfonamides is 1. The van der Waals surface area contributed by atoms with Crippen molar-refractivity contribution in [3.05, 3.63) is 59.7 Å². The Morgan fingerprint density at radius 2 is 1.64 bits per heavy atom. The Labute approximate surface area is 128 Å². The van der Waals surface area contributed by atoms with Crippen LogP contribution in [0.2, 0.25) is 0 Å². The standard InChI is InChI=1S/C15H13N3O3S/c1-11-2-8-14(9-3-11)22(20,21)18-15(19)17-13-6-4-12(10-16)5-7-13/h2-9H,1H3,(H2,17,18,19). The quantitative estimate of drug-likeness (QED) is 0.908. The lowest BCUT2D eigenvalue weighted by Gasteiger charge is -2.09. The van der Waals surface area contributed by atoms with Crippen LogP contribution in [-0.2, 0) is 10.0 Å². The lowest BCUT2D eigenvalue weighted by molar-refractivity contribution is 0.256. The fraction of sp³-hybridized carbons (Fsp3) is 0.0667. The Balaban J connectivity index is 2.07. The molecule has 2 rings (SSSR count). The molecule has 0 saturated heterocycles. The molecule has 0 radical (unpaired) electrons. The molecule has 2 amide bonds. The smallest absolute Gasteiger partial charge is 0.307 e. The average molecular weight is 315 g/mol. The Kier molecular flexibility index (Phi) is 4.44. The molecule has 2 N–H and O–H groups in total. The summed E-state index contributed by atoms with van der Waals surface area (Å²) in [7, 11) is -3.92. The molecular formula is C15H13N3O3S. The maximum absolute atomic E-state index is 12.0. The summed E-state index contributed by atoms with van der Waals surface area (Å²) in [6.07, 6.45) is 0. The Bertz CT molecular complexity index is 820. The SMILES string of the molecule is Cc1ccc(S(=O)(=O)NC(=O)Nc2ccc(C#N)cc2)cc1. The van der Waals surface area contributed by atoms with E-state index in [9.17, 15) is 13.2 Å². The molecular weight excluding hydrogens is 302 g/mol. The van der Waals surface area contributed by atoms with E-state index in [4.69, 9.17) is 5.26 Å². The molecule has 0 saturated carbocycles. The van der Waals surface area contributed by atoms with Crippen LogP contribution in [0.5, 0.6) is 0 Å². The maximum atomic E-state index is 12.0. The van der Waals surface area contributed by atoms with Crippen LogP contribution in [0.15, 0.2) is 53.4 Å². The van der Waals surface area contributed by atoms with Gasteiger partial charge in [-0.25, -0.2) is 17.9 Å². The molecule has 2 aromatic carbocycles. The van der Waals surface area contributed by atoms with Crippen molar-refractivity contribution >= 4 is 21.7 Å². The second-order valence-electron chi connectivity index (χ2n) is 4.56. The van der Waals surface area contributed by atoms with Gasteiger partial charge in [0.15, 0.2) is 0 Å². The van der Waals surface area contributed by atoms with Crippen LogP contribution >= 0.6 is 0 Å². The summed E-state index contributed by atoms with van der Waals surface area (Å²) < 4.78 is 26.0. The van der Waals surface area contributed by atoms with Crippen molar-refractivity contribution < 1.29 is 13.2 Å². The predicted octanol–water partition coefficient (Wildman–Crippen LogP) is 2.38. The topological polar surface area (TPSA) is 99.1 Å². The van der Waals surface area contributed by atoms with Gasteiger partial charge >= 0.3 is 6.03 Å². The summed E-state index contributed by atoms with van der Waals surface area (Å²) in [6.45, 7) is 1.83. The maximum Gasteiger partial charge on any atom is 0.333 e. The number of hydrogen-bond donors (Lipinski definition) is 2. The van der Waals surface area contributed by atoms with E-state index in [0.717, 1.165) is 5.56 Å². The van der Waals surface area contributed by atoms with Gasteiger partial charge in [0.1, 0.15) is 0 Å². The fourth-order valence-corrected chi connectivity index (χ4v) is 2.59. The van der Waals surface area contributed by atoms with Gasteiger partial charge in [-0.05, 0) is 43.3 Å². The molecule has 2 aromatic rings. The van der Waals surface area contributed by atoms with Crippen LogP contribution in [0, 0.1) is 18.3 Å². The third-order valence-electron chi connectivity index (χ3n) is 2.83. The predicted molar refractivity (Wildman–Crippen MR) is 81.7 cm³/mol. The highest BCUT2D eigenvalue weighted by Crippen LogP contribution is 2.11. The second kappa shape index (κ2) is 6.28. The third-order valence-corrected chi connectivity index (χ3v) is 4.18. The molecule has 22 heavy (non-hydrogen) atoms. The number of nitriles is 1. The largest absolute Gasteiger partial charge is 0.333 e. The van der Waals surface area contributed by atoms with E-state index >= 15 is 0 Å². The summed E-state index contributed by atoms with van der Waals surface area (Å²) in [5.41, 5.74) is 1.75. The van der Waals surface area contributed by atoms with E-state index in [1.807, 2.05) is 17.7 Å². The minimum atomic E-state index is -3.92. The lowest BCUT2D eigenvalue weighted by atomic mass is 10.2. The molecule has 0 aromatic heterocycles. The van der Waals surface area contributed by atoms with Gasteiger partial charge in [0.05, 0.1) is 16.5 Å². The highest BCUT2D eigenvalue weighted by Gasteiger charge is 2.17. The molecule has 0 aliphatic carbocycles. The highest BCUT2D eigenvalue weighted by molar-refractivity contribution is 7.90. The zero-order valence-electron chi connectivity index (χ0n) is 11.7. The molecule has 0 fully saturated rings. The molecule has 0 bridgehead atoms. The van der Waals surface area contributed by atoms with Crippen LogP contribution in [0.4, 0.5) is 10.5 Å². The minimum Gasteiger partial charge on any atom is -0.307 e. The monoisotopic (exact) mass is 315 g/mol. The van der Waals surface area contributed by atoms with Gasteiger partial charge in [0.2, 0.25) is 0 Å². The average Bonchev–Trinajstić information content (AvgIpc) is 2.48. The number of aryl methyl sites for hydroxylation is 1. The molecule has 0 heterocycles. The first-order chi connectivity index (χ1) is 10.4.